The molecule has 1 heterocycles. The van der Waals surface area contributed by atoms with E-state index in [1.165, 1.54) is 35.3 Å². The maximum Gasteiger partial charge on any atom is 0.338 e. The minimum Gasteiger partial charge on any atom is -0.478 e. The second kappa shape index (κ2) is 9.29. The number of nitrogens with zero attached hydrogens (tertiary/aromatic N) is 3. The van der Waals surface area contributed by atoms with Crippen molar-refractivity contribution < 1.29 is 24.4 Å². The Morgan fingerprint density at radius 1 is 1.19 bits per heavy atom. The molecule has 0 spiro atoms. The highest BCUT2D eigenvalue weighted by Gasteiger charge is 2.15. The number of anilines is 1. The third-order valence-electron chi connectivity index (χ3n) is 4.83. The van der Waals surface area contributed by atoms with Crippen LogP contribution in [-0.2, 0) is 11.3 Å². The lowest BCUT2D eigenvalue weighted by Crippen LogP contribution is -2.15. The molecule has 10 heteroatoms. The smallest absolute Gasteiger partial charge is 0.338 e. The molecule has 32 heavy (non-hydrogen) atoms. The summed E-state index contributed by atoms with van der Waals surface area (Å²) in [5.74, 6) is -0.718. The molecule has 0 bridgehead atoms. The van der Waals surface area contributed by atoms with Crippen molar-refractivity contribution in [3.8, 4) is 11.5 Å². The van der Waals surface area contributed by atoms with Crippen LogP contribution in [0.1, 0.15) is 33.5 Å². The van der Waals surface area contributed by atoms with Gasteiger partial charge in [-0.15, -0.1) is 0 Å². The summed E-state index contributed by atoms with van der Waals surface area (Å²) in [6.45, 7) is 5.93. The van der Waals surface area contributed by atoms with Gasteiger partial charge in [0.15, 0.2) is 0 Å². The first-order valence-electron chi connectivity index (χ1n) is 9.73. The average Bonchev–Trinajstić information content (AvgIpc) is 3.19. The van der Waals surface area contributed by atoms with Gasteiger partial charge in [0, 0.05) is 31.3 Å². The van der Waals surface area contributed by atoms with Crippen LogP contribution in [0.15, 0.2) is 42.7 Å². The summed E-state index contributed by atoms with van der Waals surface area (Å²) in [4.78, 5) is 34.0. The Hall–Kier alpha value is -4.21. The van der Waals surface area contributed by atoms with Crippen molar-refractivity contribution in [2.24, 2.45) is 0 Å². The molecule has 0 aliphatic rings. The normalized spacial score (nSPS) is 10.6. The van der Waals surface area contributed by atoms with E-state index in [1.54, 1.807) is 0 Å². The fourth-order valence-corrected chi connectivity index (χ4v) is 3.09. The number of aromatic nitrogens is 2. The first-order valence-corrected chi connectivity index (χ1v) is 9.73. The Balaban J connectivity index is 1.76. The zero-order chi connectivity index (χ0) is 23.4. The summed E-state index contributed by atoms with van der Waals surface area (Å²) < 4.78 is 7.25. The van der Waals surface area contributed by atoms with Crippen LogP contribution in [0.25, 0.3) is 0 Å². The quantitative estimate of drug-likeness (QED) is 0.396. The number of nitrogens with one attached hydrogen (secondary N) is 1. The van der Waals surface area contributed by atoms with Gasteiger partial charge in [-0.2, -0.15) is 5.10 Å². The van der Waals surface area contributed by atoms with Crippen LogP contribution in [0.3, 0.4) is 0 Å². The zero-order valence-electron chi connectivity index (χ0n) is 17.8. The number of aromatic carboxylic acids is 1. The third kappa shape index (κ3) is 5.48. The number of ether oxygens (including phenoxy) is 1. The highest BCUT2D eigenvalue weighted by molar-refractivity contribution is 5.91. The highest BCUT2D eigenvalue weighted by atomic mass is 16.6. The summed E-state index contributed by atoms with van der Waals surface area (Å²) in [5, 5.41) is 26.8. The van der Waals surface area contributed by atoms with Crippen LogP contribution in [0.5, 0.6) is 11.5 Å². The summed E-state index contributed by atoms with van der Waals surface area (Å²) in [5.41, 5.74) is 2.95. The number of carbonyl (C=O) groups is 2. The van der Waals surface area contributed by atoms with Gasteiger partial charge in [-0.25, -0.2) is 4.79 Å². The average molecular weight is 438 g/mol. The van der Waals surface area contributed by atoms with Crippen molar-refractivity contribution in [1.82, 2.24) is 9.78 Å². The minimum absolute atomic E-state index is 0.00416. The van der Waals surface area contributed by atoms with E-state index in [9.17, 15) is 19.7 Å². The van der Waals surface area contributed by atoms with E-state index >= 15 is 0 Å². The summed E-state index contributed by atoms with van der Waals surface area (Å²) in [7, 11) is 0. The molecule has 1 amide bonds. The fourth-order valence-electron chi connectivity index (χ4n) is 3.09. The molecule has 0 unspecified atom stereocenters. The van der Waals surface area contributed by atoms with Crippen molar-refractivity contribution in [2.45, 2.75) is 33.7 Å². The van der Waals surface area contributed by atoms with Gasteiger partial charge in [-0.3, -0.25) is 19.6 Å². The molecule has 166 valence electrons. The molecule has 10 nitrogen and oxygen atoms in total. The van der Waals surface area contributed by atoms with Gasteiger partial charge >= 0.3 is 5.97 Å². The van der Waals surface area contributed by atoms with E-state index in [2.05, 4.69) is 10.4 Å². The van der Waals surface area contributed by atoms with Gasteiger partial charge in [-0.05, 0) is 43.5 Å². The molecule has 3 aromatic rings. The number of non-ortho nitro benzene ring substituents is 1. The second-order valence-electron chi connectivity index (χ2n) is 7.38. The molecule has 2 N–H and O–H groups in total. The number of carbonyl (C=O) groups excluding carboxylic acids is 1. The van der Waals surface area contributed by atoms with E-state index in [1.807, 2.05) is 32.9 Å². The van der Waals surface area contributed by atoms with Gasteiger partial charge in [0.1, 0.15) is 11.5 Å². The molecule has 0 aliphatic heterocycles. The first kappa shape index (κ1) is 22.5. The number of nitro groups is 1. The largest absolute Gasteiger partial charge is 0.478 e. The zero-order valence-corrected chi connectivity index (χ0v) is 17.8. The molecule has 0 radical (unpaired) electrons. The third-order valence-corrected chi connectivity index (χ3v) is 4.83. The van der Waals surface area contributed by atoms with E-state index in [0.29, 0.717) is 5.75 Å². The van der Waals surface area contributed by atoms with Crippen LogP contribution >= 0.6 is 0 Å². The van der Waals surface area contributed by atoms with Crippen LogP contribution in [0, 0.1) is 30.9 Å². The predicted octanol–water partition coefficient (Wildman–Crippen LogP) is 4.24. The van der Waals surface area contributed by atoms with Crippen molar-refractivity contribution in [3.63, 3.8) is 0 Å². The van der Waals surface area contributed by atoms with Gasteiger partial charge in [0.25, 0.3) is 5.69 Å². The number of aryl methyl sites for hydroxylation is 3. The Bertz CT molecular complexity index is 1200. The number of amides is 1. The van der Waals surface area contributed by atoms with E-state index < -0.39 is 16.8 Å². The predicted molar refractivity (Wildman–Crippen MR) is 116 cm³/mol. The molecular formula is C22H22N4O6. The summed E-state index contributed by atoms with van der Waals surface area (Å²) in [6.07, 6.45) is 2.51. The molecule has 1 aromatic heterocycles. The number of hydrogen-bond donors (Lipinski definition) is 2. The molecule has 0 aliphatic carbocycles. The molecule has 0 saturated heterocycles. The first-order chi connectivity index (χ1) is 15.1. The molecule has 2 aromatic carbocycles. The monoisotopic (exact) mass is 438 g/mol. The van der Waals surface area contributed by atoms with Gasteiger partial charge in [0.2, 0.25) is 5.91 Å². The van der Waals surface area contributed by atoms with Crippen LogP contribution in [0.2, 0.25) is 0 Å². The van der Waals surface area contributed by atoms with Crippen LogP contribution < -0.4 is 10.1 Å². The van der Waals surface area contributed by atoms with E-state index in [-0.39, 0.29) is 35.7 Å². The van der Waals surface area contributed by atoms with Crippen molar-refractivity contribution in [1.29, 1.82) is 0 Å². The molecular weight excluding hydrogens is 416 g/mol. The minimum atomic E-state index is -1.11. The lowest BCUT2D eigenvalue weighted by Gasteiger charge is -2.13. The summed E-state index contributed by atoms with van der Waals surface area (Å²) >= 11 is 0. The van der Waals surface area contributed by atoms with Crippen molar-refractivity contribution in [2.75, 3.05) is 5.32 Å². The van der Waals surface area contributed by atoms with Crippen molar-refractivity contribution in [3.05, 3.63) is 75.1 Å². The Morgan fingerprint density at radius 3 is 2.59 bits per heavy atom. The fraction of sp³-hybridized carbons (Fsp3) is 0.227. The van der Waals surface area contributed by atoms with Crippen LogP contribution in [0.4, 0.5) is 11.4 Å². The number of rotatable bonds is 8. The van der Waals surface area contributed by atoms with E-state index in [4.69, 9.17) is 9.84 Å². The lowest BCUT2D eigenvalue weighted by molar-refractivity contribution is -0.384. The highest BCUT2D eigenvalue weighted by Crippen LogP contribution is 2.33. The number of hydrogen-bond acceptors (Lipinski definition) is 6. The second-order valence-corrected chi connectivity index (χ2v) is 7.38. The lowest BCUT2D eigenvalue weighted by atomic mass is 10.1. The van der Waals surface area contributed by atoms with Gasteiger partial charge in [-0.1, -0.05) is 6.07 Å². The molecule has 0 atom stereocenters. The van der Waals surface area contributed by atoms with Gasteiger partial charge < -0.3 is 15.2 Å². The molecule has 3 rings (SSSR count). The van der Waals surface area contributed by atoms with E-state index in [0.717, 1.165) is 16.7 Å². The molecule has 0 saturated carbocycles. The Kier molecular flexibility index (Phi) is 6.53. The Morgan fingerprint density at radius 2 is 1.94 bits per heavy atom. The number of carboxylic acids is 1. The van der Waals surface area contributed by atoms with Crippen LogP contribution in [-0.4, -0.2) is 31.7 Å². The maximum absolute atomic E-state index is 12.3. The SMILES string of the molecule is Cc1cc(C)c(C)c(Oc2cc(NC(=O)CCn3cc(C(=O)O)cn3)cc([N+](=O)[O-])c2)c1. The standard InChI is InChI=1S/C22H22N4O6/c1-13-6-14(2)15(3)20(7-13)32-19-9-17(8-18(10-19)26(30)31)24-21(27)4-5-25-12-16(11-23-25)22(28)29/h6-12H,4-5H2,1-3H3,(H,24,27)(H,28,29). The van der Waals surface area contributed by atoms with Gasteiger partial charge in [0.05, 0.1) is 28.4 Å². The van der Waals surface area contributed by atoms with Crippen molar-refractivity contribution >= 4 is 23.3 Å². The summed E-state index contributed by atoms with van der Waals surface area (Å²) in [6, 6.07) is 7.91. The maximum atomic E-state index is 12.3. The molecule has 0 fully saturated rings. The number of nitro benzene ring substituents is 1. The number of carboxylic acid groups (broad SMARTS) is 1. The topological polar surface area (TPSA) is 137 Å². The number of benzene rings is 2. The Labute approximate surface area is 183 Å².